The molecule has 0 aliphatic rings. The normalized spacial score (nSPS) is 13.1. The Bertz CT molecular complexity index is 553. The van der Waals surface area contributed by atoms with Crippen LogP contribution in [-0.2, 0) is 17.7 Å². The second-order valence-corrected chi connectivity index (χ2v) is 5.31. The Morgan fingerprint density at radius 1 is 1.37 bits per heavy atom. The molecular formula is C14H20ClN3O. The lowest BCUT2D eigenvalue weighted by Crippen LogP contribution is -2.15. The highest BCUT2D eigenvalue weighted by molar-refractivity contribution is 6.17. The second-order valence-electron chi connectivity index (χ2n) is 4.93. The Hall–Kier alpha value is -1.13. The van der Waals surface area contributed by atoms with Gasteiger partial charge in [-0.3, -0.25) is 0 Å². The number of rotatable bonds is 6. The third-order valence-electron chi connectivity index (χ3n) is 3.07. The first-order valence-corrected chi connectivity index (χ1v) is 7.06. The van der Waals surface area contributed by atoms with E-state index in [0.717, 1.165) is 42.3 Å². The van der Waals surface area contributed by atoms with Crippen molar-refractivity contribution in [2.45, 2.75) is 26.8 Å². The maximum Gasteiger partial charge on any atom is 0.160 e. The summed E-state index contributed by atoms with van der Waals surface area (Å²) in [5, 5.41) is 0. The monoisotopic (exact) mass is 281 g/mol. The van der Waals surface area contributed by atoms with E-state index in [1.165, 1.54) is 0 Å². The number of pyridine rings is 1. The topological polar surface area (TPSA) is 39.9 Å². The molecule has 1 unspecified atom stereocenters. The smallest absolute Gasteiger partial charge is 0.160 e. The molecule has 104 valence electrons. The predicted octanol–water partition coefficient (Wildman–Crippen LogP) is 2.80. The van der Waals surface area contributed by atoms with E-state index in [9.17, 15) is 0 Å². The molecule has 0 N–H and O–H groups in total. The van der Waals surface area contributed by atoms with Crippen LogP contribution in [0.5, 0.6) is 0 Å². The maximum atomic E-state index is 5.87. The zero-order chi connectivity index (χ0) is 13.8. The van der Waals surface area contributed by atoms with Crippen molar-refractivity contribution in [3.8, 4) is 0 Å². The molecule has 2 aromatic heterocycles. The van der Waals surface area contributed by atoms with Crippen molar-refractivity contribution >= 4 is 22.8 Å². The molecule has 2 heterocycles. The lowest BCUT2D eigenvalue weighted by molar-refractivity contribution is 0.151. The molecule has 2 aromatic rings. The van der Waals surface area contributed by atoms with Gasteiger partial charge in [0.15, 0.2) is 5.65 Å². The number of aryl methyl sites for hydroxylation is 2. The van der Waals surface area contributed by atoms with Crippen molar-refractivity contribution < 1.29 is 4.74 Å². The van der Waals surface area contributed by atoms with Gasteiger partial charge in [-0.05, 0) is 25.0 Å². The third-order valence-corrected chi connectivity index (χ3v) is 3.26. The predicted molar refractivity (Wildman–Crippen MR) is 77.7 cm³/mol. The van der Waals surface area contributed by atoms with Gasteiger partial charge < -0.3 is 9.30 Å². The van der Waals surface area contributed by atoms with Crippen LogP contribution in [0.1, 0.15) is 18.4 Å². The molecule has 0 aliphatic heterocycles. The summed E-state index contributed by atoms with van der Waals surface area (Å²) in [5.74, 6) is 1.99. The van der Waals surface area contributed by atoms with Crippen LogP contribution in [0.25, 0.3) is 11.2 Å². The van der Waals surface area contributed by atoms with Crippen LogP contribution in [0.4, 0.5) is 0 Å². The highest BCUT2D eigenvalue weighted by Crippen LogP contribution is 2.17. The van der Waals surface area contributed by atoms with Crippen molar-refractivity contribution in [2.75, 3.05) is 19.6 Å². The van der Waals surface area contributed by atoms with Crippen molar-refractivity contribution in [2.24, 2.45) is 5.92 Å². The van der Waals surface area contributed by atoms with Crippen LogP contribution in [0, 0.1) is 12.8 Å². The van der Waals surface area contributed by atoms with E-state index < -0.39 is 0 Å². The van der Waals surface area contributed by atoms with Gasteiger partial charge in [0.25, 0.3) is 0 Å². The minimum atomic E-state index is 0.416. The number of nitrogens with zero attached hydrogens (tertiary/aromatic N) is 3. The van der Waals surface area contributed by atoms with Gasteiger partial charge in [-0.1, -0.05) is 6.92 Å². The fourth-order valence-electron chi connectivity index (χ4n) is 2.26. The molecular weight excluding hydrogens is 262 g/mol. The number of hydrogen-bond acceptors (Lipinski definition) is 3. The highest BCUT2D eigenvalue weighted by Gasteiger charge is 2.14. The molecule has 1 atom stereocenters. The molecule has 0 saturated carbocycles. The molecule has 0 saturated heterocycles. The quantitative estimate of drug-likeness (QED) is 0.765. The van der Waals surface area contributed by atoms with Crippen LogP contribution >= 0.6 is 11.6 Å². The standard InChI is InChI=1S/C14H20ClN3O/c1-10(9-19-3)8-18-13(6-7-15)17-12-5-4-11(2)16-14(12)18/h4-5,10H,6-9H2,1-3H3. The zero-order valence-corrected chi connectivity index (χ0v) is 12.4. The second kappa shape index (κ2) is 6.35. The number of fused-ring (bicyclic) bond motifs is 1. The molecule has 19 heavy (non-hydrogen) atoms. The SMILES string of the molecule is COCC(C)Cn1c(CCCl)nc2ccc(C)nc21. The summed E-state index contributed by atoms with van der Waals surface area (Å²) in [5.41, 5.74) is 2.89. The molecule has 0 bridgehead atoms. The van der Waals surface area contributed by atoms with Crippen LogP contribution in [0.2, 0.25) is 0 Å². The van der Waals surface area contributed by atoms with E-state index in [1.807, 2.05) is 19.1 Å². The van der Waals surface area contributed by atoms with Crippen molar-refractivity contribution in [3.05, 3.63) is 23.7 Å². The summed E-state index contributed by atoms with van der Waals surface area (Å²) in [6, 6.07) is 4.01. The summed E-state index contributed by atoms with van der Waals surface area (Å²) in [4.78, 5) is 9.24. The van der Waals surface area contributed by atoms with Gasteiger partial charge in [-0.2, -0.15) is 0 Å². The van der Waals surface area contributed by atoms with Crippen molar-refractivity contribution in [1.82, 2.24) is 14.5 Å². The maximum absolute atomic E-state index is 5.87. The lowest BCUT2D eigenvalue weighted by atomic mass is 10.2. The van der Waals surface area contributed by atoms with Gasteiger partial charge in [0.05, 0.1) is 6.61 Å². The number of methoxy groups -OCH3 is 1. The summed E-state index contributed by atoms with van der Waals surface area (Å²) in [6.07, 6.45) is 0.761. The van der Waals surface area contributed by atoms with Gasteiger partial charge in [0.1, 0.15) is 11.3 Å². The number of ether oxygens (including phenoxy) is 1. The minimum Gasteiger partial charge on any atom is -0.384 e. The molecule has 5 heteroatoms. The first-order valence-electron chi connectivity index (χ1n) is 6.53. The number of hydrogen-bond donors (Lipinski definition) is 0. The van der Waals surface area contributed by atoms with Gasteiger partial charge in [-0.15, -0.1) is 11.6 Å². The Labute approximate surface area is 118 Å². The molecule has 0 amide bonds. The summed E-state index contributed by atoms with van der Waals surface area (Å²) >= 11 is 5.87. The van der Waals surface area contributed by atoms with Gasteiger partial charge in [0.2, 0.25) is 0 Å². The molecule has 0 aromatic carbocycles. The third kappa shape index (κ3) is 3.25. The summed E-state index contributed by atoms with van der Waals surface area (Å²) < 4.78 is 7.38. The molecule has 4 nitrogen and oxygen atoms in total. The highest BCUT2D eigenvalue weighted by atomic mass is 35.5. The summed E-state index contributed by atoms with van der Waals surface area (Å²) in [7, 11) is 1.73. The molecule has 0 spiro atoms. The van der Waals surface area contributed by atoms with E-state index in [0.29, 0.717) is 11.8 Å². The average molecular weight is 282 g/mol. The largest absolute Gasteiger partial charge is 0.384 e. The van der Waals surface area contributed by atoms with Gasteiger partial charge in [0, 0.05) is 31.6 Å². The van der Waals surface area contributed by atoms with Crippen LogP contribution < -0.4 is 0 Å². The van der Waals surface area contributed by atoms with Gasteiger partial charge in [-0.25, -0.2) is 9.97 Å². The first kappa shape index (κ1) is 14.3. The zero-order valence-electron chi connectivity index (χ0n) is 11.7. The molecule has 0 fully saturated rings. The van der Waals surface area contributed by atoms with E-state index in [-0.39, 0.29) is 0 Å². The van der Waals surface area contributed by atoms with Crippen molar-refractivity contribution in [3.63, 3.8) is 0 Å². The Morgan fingerprint density at radius 2 is 2.16 bits per heavy atom. The van der Waals surface area contributed by atoms with Crippen LogP contribution in [0.15, 0.2) is 12.1 Å². The van der Waals surface area contributed by atoms with Crippen molar-refractivity contribution in [1.29, 1.82) is 0 Å². The molecule has 0 aliphatic carbocycles. The van der Waals surface area contributed by atoms with Crippen LogP contribution in [0.3, 0.4) is 0 Å². The number of halogens is 1. The fourth-order valence-corrected chi connectivity index (χ4v) is 2.43. The minimum absolute atomic E-state index is 0.416. The van der Waals surface area contributed by atoms with E-state index in [1.54, 1.807) is 7.11 Å². The fraction of sp³-hybridized carbons (Fsp3) is 0.571. The van der Waals surface area contributed by atoms with Gasteiger partial charge >= 0.3 is 0 Å². The number of aromatic nitrogens is 3. The van der Waals surface area contributed by atoms with E-state index in [4.69, 9.17) is 16.3 Å². The first-order chi connectivity index (χ1) is 9.15. The van der Waals surface area contributed by atoms with E-state index >= 15 is 0 Å². The number of imidazole rings is 1. The van der Waals surface area contributed by atoms with Crippen LogP contribution in [-0.4, -0.2) is 34.1 Å². The molecule has 2 rings (SSSR count). The Balaban J connectivity index is 2.41. The molecule has 0 radical (unpaired) electrons. The number of alkyl halides is 1. The average Bonchev–Trinajstić information content (AvgIpc) is 2.68. The van der Waals surface area contributed by atoms with E-state index in [2.05, 4.69) is 21.5 Å². The summed E-state index contributed by atoms with van der Waals surface area (Å²) in [6.45, 7) is 5.74. The lowest BCUT2D eigenvalue weighted by Gasteiger charge is -2.14. The Morgan fingerprint density at radius 3 is 2.84 bits per heavy atom. The Kier molecular flexibility index (Phi) is 4.77.